The quantitative estimate of drug-likeness (QED) is 0.766. The van der Waals surface area contributed by atoms with Gasteiger partial charge in [0, 0.05) is 12.1 Å². The number of nitrogens with one attached hydrogen (secondary N) is 2. The molecule has 4 nitrogen and oxygen atoms in total. The molecule has 1 saturated heterocycles. The van der Waals surface area contributed by atoms with Crippen LogP contribution in [0.25, 0.3) is 0 Å². The minimum atomic E-state index is 0.848. The van der Waals surface area contributed by atoms with Crippen LogP contribution in [0.15, 0.2) is 4.52 Å². The molecule has 0 aliphatic carbocycles. The molecular formula is C13H23N3O. The van der Waals surface area contributed by atoms with Crippen molar-refractivity contribution in [1.29, 1.82) is 0 Å². The highest BCUT2D eigenvalue weighted by Crippen LogP contribution is 2.14. The molecule has 1 fully saturated rings. The Hall–Kier alpha value is -0.870. The van der Waals surface area contributed by atoms with E-state index in [-0.39, 0.29) is 0 Å². The van der Waals surface area contributed by atoms with Crippen molar-refractivity contribution in [3.05, 3.63) is 17.0 Å². The summed E-state index contributed by atoms with van der Waals surface area (Å²) in [5.41, 5.74) is 2.22. The summed E-state index contributed by atoms with van der Waals surface area (Å²) in [5.74, 6) is 1.79. The van der Waals surface area contributed by atoms with Crippen LogP contribution in [0.1, 0.15) is 36.3 Å². The summed E-state index contributed by atoms with van der Waals surface area (Å²) in [4.78, 5) is 0. The molecular weight excluding hydrogens is 214 g/mol. The average Bonchev–Trinajstić information content (AvgIpc) is 2.67. The van der Waals surface area contributed by atoms with Gasteiger partial charge in [-0.25, -0.2) is 0 Å². The van der Waals surface area contributed by atoms with E-state index in [0.29, 0.717) is 0 Å². The van der Waals surface area contributed by atoms with Crippen LogP contribution in [0.4, 0.5) is 0 Å². The van der Waals surface area contributed by atoms with E-state index in [9.17, 15) is 0 Å². The fourth-order valence-corrected chi connectivity index (χ4v) is 2.44. The van der Waals surface area contributed by atoms with Crippen molar-refractivity contribution >= 4 is 0 Å². The SMILES string of the molecule is Cc1noc(C)c1CNCCC1CCCNC1. The van der Waals surface area contributed by atoms with Crippen LogP contribution in [0.5, 0.6) is 0 Å². The molecule has 96 valence electrons. The molecule has 0 bridgehead atoms. The molecule has 0 saturated carbocycles. The van der Waals surface area contributed by atoms with Crippen molar-refractivity contribution in [3.8, 4) is 0 Å². The van der Waals surface area contributed by atoms with Crippen LogP contribution in [0.3, 0.4) is 0 Å². The molecule has 17 heavy (non-hydrogen) atoms. The van der Waals surface area contributed by atoms with Gasteiger partial charge >= 0.3 is 0 Å². The summed E-state index contributed by atoms with van der Waals surface area (Å²) in [7, 11) is 0. The number of aryl methyl sites for hydroxylation is 2. The zero-order valence-electron chi connectivity index (χ0n) is 10.9. The van der Waals surface area contributed by atoms with E-state index in [0.717, 1.165) is 30.5 Å². The van der Waals surface area contributed by atoms with Gasteiger partial charge in [-0.15, -0.1) is 0 Å². The van der Waals surface area contributed by atoms with Crippen LogP contribution in [-0.4, -0.2) is 24.8 Å². The number of hydrogen-bond acceptors (Lipinski definition) is 4. The van der Waals surface area contributed by atoms with Gasteiger partial charge in [0.2, 0.25) is 0 Å². The molecule has 2 N–H and O–H groups in total. The third-order valence-corrected chi connectivity index (χ3v) is 3.61. The van der Waals surface area contributed by atoms with Crippen LogP contribution in [-0.2, 0) is 6.54 Å². The molecule has 0 spiro atoms. The fraction of sp³-hybridized carbons (Fsp3) is 0.769. The second-order valence-electron chi connectivity index (χ2n) is 4.98. The molecule has 0 amide bonds. The van der Waals surface area contributed by atoms with Gasteiger partial charge in [0.25, 0.3) is 0 Å². The molecule has 2 rings (SSSR count). The molecule has 1 atom stereocenters. The molecule has 1 aromatic heterocycles. The first-order chi connectivity index (χ1) is 8.27. The number of nitrogens with zero attached hydrogens (tertiary/aromatic N) is 1. The smallest absolute Gasteiger partial charge is 0.138 e. The zero-order chi connectivity index (χ0) is 12.1. The highest BCUT2D eigenvalue weighted by Gasteiger charge is 2.12. The Balaban J connectivity index is 1.66. The van der Waals surface area contributed by atoms with Gasteiger partial charge in [-0.1, -0.05) is 5.16 Å². The molecule has 4 heteroatoms. The van der Waals surface area contributed by atoms with E-state index in [1.807, 2.05) is 13.8 Å². The van der Waals surface area contributed by atoms with Crippen LogP contribution >= 0.6 is 0 Å². The molecule has 0 aromatic carbocycles. The van der Waals surface area contributed by atoms with Gasteiger partial charge in [-0.2, -0.15) is 0 Å². The maximum Gasteiger partial charge on any atom is 0.138 e. The van der Waals surface area contributed by atoms with E-state index in [1.54, 1.807) is 0 Å². The fourth-order valence-electron chi connectivity index (χ4n) is 2.44. The lowest BCUT2D eigenvalue weighted by molar-refractivity contribution is 0.351. The summed E-state index contributed by atoms with van der Waals surface area (Å²) in [6.07, 6.45) is 3.96. The van der Waals surface area contributed by atoms with E-state index in [1.165, 1.54) is 37.9 Å². The van der Waals surface area contributed by atoms with E-state index in [2.05, 4.69) is 15.8 Å². The predicted octanol–water partition coefficient (Wildman–Crippen LogP) is 1.77. The molecule has 2 heterocycles. The zero-order valence-corrected chi connectivity index (χ0v) is 10.9. The van der Waals surface area contributed by atoms with E-state index < -0.39 is 0 Å². The van der Waals surface area contributed by atoms with Crippen molar-refractivity contribution in [3.63, 3.8) is 0 Å². The lowest BCUT2D eigenvalue weighted by Gasteiger charge is -2.22. The number of rotatable bonds is 5. The van der Waals surface area contributed by atoms with Crippen LogP contribution in [0.2, 0.25) is 0 Å². The standard InChI is InChI=1S/C13H23N3O/c1-10-13(11(2)17-16-10)9-15-7-5-12-4-3-6-14-8-12/h12,14-15H,3-9H2,1-2H3. The normalized spacial score (nSPS) is 20.7. The van der Waals surface area contributed by atoms with Gasteiger partial charge < -0.3 is 15.2 Å². The summed E-state index contributed by atoms with van der Waals surface area (Å²) >= 11 is 0. The van der Waals surface area contributed by atoms with E-state index in [4.69, 9.17) is 4.52 Å². The third kappa shape index (κ3) is 3.54. The Kier molecular flexibility index (Phi) is 4.57. The average molecular weight is 237 g/mol. The van der Waals surface area contributed by atoms with Crippen molar-refractivity contribution in [2.45, 2.75) is 39.7 Å². The Morgan fingerprint density at radius 2 is 2.35 bits per heavy atom. The monoisotopic (exact) mass is 237 g/mol. The number of hydrogen-bond donors (Lipinski definition) is 2. The van der Waals surface area contributed by atoms with Crippen molar-refractivity contribution in [1.82, 2.24) is 15.8 Å². The molecule has 1 aliphatic heterocycles. The molecule has 1 unspecified atom stereocenters. The Bertz CT molecular complexity index is 323. The first-order valence-corrected chi connectivity index (χ1v) is 6.60. The second kappa shape index (κ2) is 6.17. The number of piperidine rings is 1. The lowest BCUT2D eigenvalue weighted by Crippen LogP contribution is -2.31. The van der Waals surface area contributed by atoms with Gasteiger partial charge in [0.15, 0.2) is 0 Å². The first-order valence-electron chi connectivity index (χ1n) is 6.60. The van der Waals surface area contributed by atoms with Gasteiger partial charge in [-0.05, 0) is 58.7 Å². The Labute approximate surface area is 103 Å². The third-order valence-electron chi connectivity index (χ3n) is 3.61. The van der Waals surface area contributed by atoms with Gasteiger partial charge in [0.1, 0.15) is 5.76 Å². The maximum atomic E-state index is 5.14. The maximum absolute atomic E-state index is 5.14. The largest absolute Gasteiger partial charge is 0.361 e. The number of aromatic nitrogens is 1. The second-order valence-corrected chi connectivity index (χ2v) is 4.98. The summed E-state index contributed by atoms with van der Waals surface area (Å²) < 4.78 is 5.14. The highest BCUT2D eigenvalue weighted by atomic mass is 16.5. The first kappa shape index (κ1) is 12.6. The summed E-state index contributed by atoms with van der Waals surface area (Å²) in [6, 6.07) is 0. The topological polar surface area (TPSA) is 50.1 Å². The van der Waals surface area contributed by atoms with Crippen molar-refractivity contribution < 1.29 is 4.52 Å². The van der Waals surface area contributed by atoms with E-state index >= 15 is 0 Å². The predicted molar refractivity (Wildman–Crippen MR) is 67.9 cm³/mol. The Morgan fingerprint density at radius 1 is 1.47 bits per heavy atom. The van der Waals surface area contributed by atoms with Crippen molar-refractivity contribution in [2.24, 2.45) is 5.92 Å². The summed E-state index contributed by atoms with van der Waals surface area (Å²) in [5, 5.41) is 10.9. The Morgan fingerprint density at radius 3 is 3.00 bits per heavy atom. The molecule has 1 aliphatic rings. The lowest BCUT2D eigenvalue weighted by atomic mass is 9.96. The van der Waals surface area contributed by atoms with Crippen molar-refractivity contribution in [2.75, 3.05) is 19.6 Å². The minimum absolute atomic E-state index is 0.848. The van der Waals surface area contributed by atoms with Crippen LogP contribution < -0.4 is 10.6 Å². The van der Waals surface area contributed by atoms with Gasteiger partial charge in [-0.3, -0.25) is 0 Å². The summed E-state index contributed by atoms with van der Waals surface area (Å²) in [6.45, 7) is 8.31. The molecule has 1 aromatic rings. The van der Waals surface area contributed by atoms with Gasteiger partial charge in [0.05, 0.1) is 5.69 Å². The minimum Gasteiger partial charge on any atom is -0.361 e. The highest BCUT2D eigenvalue weighted by molar-refractivity contribution is 5.20. The molecule has 0 radical (unpaired) electrons. The van der Waals surface area contributed by atoms with Crippen LogP contribution in [0, 0.1) is 19.8 Å².